The molecule has 0 aliphatic carbocycles. The van der Waals surface area contributed by atoms with Crippen LogP contribution in [0.2, 0.25) is 0 Å². The summed E-state index contributed by atoms with van der Waals surface area (Å²) in [5, 5.41) is 17.9. The molecular formula is C6H8O4. The number of hydrogen-bond acceptors (Lipinski definition) is 4. The molecule has 56 valence electrons. The molecule has 4 nitrogen and oxygen atoms in total. The Kier molecular flexibility index (Phi) is 1.63. The van der Waals surface area contributed by atoms with Crippen LogP contribution in [0, 0.1) is 0 Å². The van der Waals surface area contributed by atoms with Gasteiger partial charge in [-0.3, -0.25) is 4.79 Å². The third-order valence-electron chi connectivity index (χ3n) is 1.40. The predicted molar refractivity (Wildman–Crippen MR) is 32.3 cm³/mol. The van der Waals surface area contributed by atoms with Gasteiger partial charge in [0.05, 0.1) is 0 Å². The van der Waals surface area contributed by atoms with E-state index < -0.39 is 12.2 Å². The van der Waals surface area contributed by atoms with E-state index in [4.69, 9.17) is 14.9 Å². The Labute approximate surface area is 57.7 Å². The highest BCUT2D eigenvalue weighted by molar-refractivity contribution is 5.59. The van der Waals surface area contributed by atoms with Crippen molar-refractivity contribution in [2.75, 3.05) is 0 Å². The molecule has 1 heterocycles. The molecule has 0 aromatic rings. The van der Waals surface area contributed by atoms with Crippen LogP contribution >= 0.6 is 0 Å². The first-order valence-corrected chi connectivity index (χ1v) is 2.86. The number of ether oxygens (including phenoxy) is 1. The lowest BCUT2D eigenvalue weighted by Crippen LogP contribution is -2.25. The first kappa shape index (κ1) is 7.08. The fourth-order valence-corrected chi connectivity index (χ4v) is 0.795. The molecule has 4 heteroatoms. The zero-order valence-electron chi connectivity index (χ0n) is 5.44. The molecule has 0 saturated heterocycles. The zero-order valence-corrected chi connectivity index (χ0v) is 5.44. The second kappa shape index (κ2) is 2.30. The highest BCUT2D eigenvalue weighted by Crippen LogP contribution is 2.21. The maximum atomic E-state index is 10.1. The van der Waals surface area contributed by atoms with Crippen molar-refractivity contribution in [1.29, 1.82) is 0 Å². The maximum Gasteiger partial charge on any atom is 0.186 e. The lowest BCUT2D eigenvalue weighted by molar-refractivity contribution is -0.118. The van der Waals surface area contributed by atoms with Crippen molar-refractivity contribution in [3.8, 4) is 0 Å². The van der Waals surface area contributed by atoms with Crippen LogP contribution in [0.15, 0.2) is 11.5 Å². The van der Waals surface area contributed by atoms with Crippen molar-refractivity contribution in [3.05, 3.63) is 11.5 Å². The van der Waals surface area contributed by atoms with Crippen LogP contribution in [0.25, 0.3) is 0 Å². The molecule has 2 atom stereocenters. The Balaban J connectivity index is 2.76. The molecule has 0 saturated carbocycles. The molecule has 2 unspecified atom stereocenters. The summed E-state index contributed by atoms with van der Waals surface area (Å²) in [5.74, 6) is -0.0401. The number of allylic oxidation sites excluding steroid dienone is 1. The lowest BCUT2D eigenvalue weighted by Gasteiger charge is -2.05. The summed E-state index contributed by atoms with van der Waals surface area (Å²) in [5.41, 5.74) is 0. The Morgan fingerprint density at radius 3 is 2.50 bits per heavy atom. The Morgan fingerprint density at radius 2 is 2.30 bits per heavy atom. The normalized spacial score (nSPS) is 32.2. The van der Waals surface area contributed by atoms with E-state index in [0.717, 1.165) is 0 Å². The first-order chi connectivity index (χ1) is 4.66. The summed E-state index contributed by atoms with van der Waals surface area (Å²) in [6.07, 6.45) is -1.66. The number of aldehydes is 1. The van der Waals surface area contributed by atoms with Crippen LogP contribution in [-0.4, -0.2) is 28.7 Å². The summed E-state index contributed by atoms with van der Waals surface area (Å²) < 4.78 is 4.75. The minimum absolute atomic E-state index is 0.213. The Hall–Kier alpha value is -1.03. The van der Waals surface area contributed by atoms with Gasteiger partial charge in [0.1, 0.15) is 5.76 Å². The van der Waals surface area contributed by atoms with Crippen LogP contribution in [-0.2, 0) is 9.53 Å². The van der Waals surface area contributed by atoms with Crippen LogP contribution in [0.3, 0.4) is 0 Å². The average Bonchev–Trinajstić information content (AvgIpc) is 2.17. The zero-order chi connectivity index (χ0) is 7.72. The standard InChI is InChI=1S/C6H8O4/c1-3-5(8)6(9)4(2-7)10-3/h2,4,6,8-9H,1H3. The van der Waals surface area contributed by atoms with E-state index >= 15 is 0 Å². The van der Waals surface area contributed by atoms with Crippen molar-refractivity contribution < 1.29 is 19.7 Å². The lowest BCUT2D eigenvalue weighted by atomic mass is 10.2. The van der Waals surface area contributed by atoms with Crippen LogP contribution < -0.4 is 0 Å². The van der Waals surface area contributed by atoms with E-state index in [9.17, 15) is 4.79 Å². The highest BCUT2D eigenvalue weighted by atomic mass is 16.5. The molecule has 10 heavy (non-hydrogen) atoms. The molecule has 0 spiro atoms. The highest BCUT2D eigenvalue weighted by Gasteiger charge is 2.32. The van der Waals surface area contributed by atoms with Gasteiger partial charge in [0.25, 0.3) is 0 Å². The second-order valence-corrected chi connectivity index (χ2v) is 2.10. The maximum absolute atomic E-state index is 10.1. The molecule has 0 amide bonds. The number of rotatable bonds is 1. The van der Waals surface area contributed by atoms with Crippen molar-refractivity contribution in [1.82, 2.24) is 0 Å². The van der Waals surface area contributed by atoms with Gasteiger partial charge < -0.3 is 14.9 Å². The number of aliphatic hydroxyl groups is 2. The summed E-state index contributed by atoms with van der Waals surface area (Å²) >= 11 is 0. The number of aliphatic hydroxyl groups excluding tert-OH is 2. The minimum Gasteiger partial charge on any atom is -0.506 e. The van der Waals surface area contributed by atoms with Crippen molar-refractivity contribution >= 4 is 6.29 Å². The molecule has 0 fully saturated rings. The van der Waals surface area contributed by atoms with E-state index in [0.29, 0.717) is 6.29 Å². The van der Waals surface area contributed by atoms with Gasteiger partial charge in [-0.1, -0.05) is 0 Å². The molecule has 0 radical (unpaired) electrons. The summed E-state index contributed by atoms with van der Waals surface area (Å²) in [6.45, 7) is 1.49. The van der Waals surface area contributed by atoms with Gasteiger partial charge in [-0.05, 0) is 6.92 Å². The molecule has 0 aromatic carbocycles. The summed E-state index contributed by atoms with van der Waals surface area (Å²) in [7, 11) is 0. The van der Waals surface area contributed by atoms with Gasteiger partial charge in [-0.15, -0.1) is 0 Å². The Morgan fingerprint density at radius 1 is 1.70 bits per heavy atom. The minimum atomic E-state index is -1.18. The van der Waals surface area contributed by atoms with E-state index in [1.165, 1.54) is 6.92 Å². The fraction of sp³-hybridized carbons (Fsp3) is 0.500. The van der Waals surface area contributed by atoms with Gasteiger partial charge in [0.15, 0.2) is 24.3 Å². The van der Waals surface area contributed by atoms with E-state index in [1.807, 2.05) is 0 Å². The molecule has 1 aliphatic rings. The van der Waals surface area contributed by atoms with Gasteiger partial charge in [-0.2, -0.15) is 0 Å². The number of carbonyl (C=O) groups is 1. The second-order valence-electron chi connectivity index (χ2n) is 2.10. The van der Waals surface area contributed by atoms with Crippen LogP contribution in [0.5, 0.6) is 0 Å². The average molecular weight is 144 g/mol. The van der Waals surface area contributed by atoms with E-state index in [2.05, 4.69) is 0 Å². The number of carbonyl (C=O) groups excluding carboxylic acids is 1. The van der Waals surface area contributed by atoms with Gasteiger partial charge in [-0.25, -0.2) is 0 Å². The third kappa shape index (κ3) is 0.863. The van der Waals surface area contributed by atoms with Gasteiger partial charge in [0, 0.05) is 0 Å². The molecule has 0 bridgehead atoms. The van der Waals surface area contributed by atoms with Crippen LogP contribution in [0.4, 0.5) is 0 Å². The Bertz CT molecular complexity index is 184. The van der Waals surface area contributed by atoms with Crippen molar-refractivity contribution in [2.45, 2.75) is 19.1 Å². The summed E-state index contributed by atoms with van der Waals surface area (Å²) in [6, 6.07) is 0. The van der Waals surface area contributed by atoms with Crippen molar-refractivity contribution in [2.24, 2.45) is 0 Å². The quantitative estimate of drug-likeness (QED) is 0.497. The van der Waals surface area contributed by atoms with E-state index in [-0.39, 0.29) is 11.5 Å². The third-order valence-corrected chi connectivity index (χ3v) is 1.40. The fourth-order valence-electron chi connectivity index (χ4n) is 0.795. The molecule has 2 N–H and O–H groups in total. The van der Waals surface area contributed by atoms with E-state index in [1.54, 1.807) is 0 Å². The van der Waals surface area contributed by atoms with Gasteiger partial charge in [0.2, 0.25) is 0 Å². The molecule has 0 aromatic heterocycles. The predicted octanol–water partition coefficient (Wildman–Crippen LogP) is -0.266. The number of hydrogen-bond donors (Lipinski definition) is 2. The largest absolute Gasteiger partial charge is 0.506 e. The van der Waals surface area contributed by atoms with Gasteiger partial charge >= 0.3 is 0 Å². The van der Waals surface area contributed by atoms with Crippen molar-refractivity contribution in [3.63, 3.8) is 0 Å². The SMILES string of the molecule is CC1=C(O)C(O)C(C=O)O1. The molecule has 1 rings (SSSR count). The summed E-state index contributed by atoms with van der Waals surface area (Å²) in [4.78, 5) is 10.1. The first-order valence-electron chi connectivity index (χ1n) is 2.86. The molecule has 1 aliphatic heterocycles. The monoisotopic (exact) mass is 144 g/mol. The van der Waals surface area contributed by atoms with Crippen LogP contribution in [0.1, 0.15) is 6.92 Å². The smallest absolute Gasteiger partial charge is 0.186 e. The topological polar surface area (TPSA) is 66.8 Å². The molecular weight excluding hydrogens is 136 g/mol.